The lowest BCUT2D eigenvalue weighted by molar-refractivity contribution is 0.0601. The van der Waals surface area contributed by atoms with Crippen molar-refractivity contribution in [1.82, 2.24) is 15.2 Å². The number of anilines is 3. The molecule has 0 aliphatic heterocycles. The van der Waals surface area contributed by atoms with Crippen LogP contribution in [0.25, 0.3) is 0 Å². The third-order valence-electron chi connectivity index (χ3n) is 3.40. The molecular weight excluding hydrogens is 306 g/mol. The van der Waals surface area contributed by atoms with E-state index in [0.717, 1.165) is 31.7 Å². The summed E-state index contributed by atoms with van der Waals surface area (Å²) in [5.74, 6) is 0.801. The molecule has 0 bridgehead atoms. The Labute approximate surface area is 142 Å². The number of nitrogens with one attached hydrogen (secondary N) is 1. The van der Waals surface area contributed by atoms with E-state index in [9.17, 15) is 4.79 Å². The predicted molar refractivity (Wildman–Crippen MR) is 93.7 cm³/mol. The molecule has 0 radical (unpaired) electrons. The molecule has 2 rings (SSSR count). The fourth-order valence-electron chi connectivity index (χ4n) is 2.35. The second-order valence-electron chi connectivity index (χ2n) is 5.32. The molecule has 0 spiro atoms. The van der Waals surface area contributed by atoms with Crippen molar-refractivity contribution >= 4 is 23.4 Å². The van der Waals surface area contributed by atoms with Gasteiger partial charge in [-0.2, -0.15) is 10.1 Å². The second kappa shape index (κ2) is 8.81. The summed E-state index contributed by atoms with van der Waals surface area (Å²) in [5.41, 5.74) is 1.17. The maximum atomic E-state index is 11.6. The number of methoxy groups -OCH3 is 1. The van der Waals surface area contributed by atoms with Crippen LogP contribution in [-0.4, -0.2) is 41.3 Å². The van der Waals surface area contributed by atoms with E-state index >= 15 is 0 Å². The first-order valence-corrected chi connectivity index (χ1v) is 8.08. The summed E-state index contributed by atoms with van der Waals surface area (Å²) in [6.07, 6.45) is 3.74. The summed E-state index contributed by atoms with van der Waals surface area (Å²) in [5, 5.41) is 11.1. The van der Waals surface area contributed by atoms with Gasteiger partial charge in [-0.15, -0.1) is 5.10 Å². The Balaban J connectivity index is 2.18. The minimum Gasteiger partial charge on any atom is -0.465 e. The third-order valence-corrected chi connectivity index (χ3v) is 3.40. The lowest BCUT2D eigenvalue weighted by Crippen LogP contribution is -2.26. The van der Waals surface area contributed by atoms with E-state index < -0.39 is 0 Å². The Kier molecular flexibility index (Phi) is 6.48. The van der Waals surface area contributed by atoms with Gasteiger partial charge in [-0.25, -0.2) is 4.79 Å². The Morgan fingerprint density at radius 2 is 2.00 bits per heavy atom. The Morgan fingerprint density at radius 1 is 1.25 bits per heavy atom. The summed E-state index contributed by atoms with van der Waals surface area (Å²) in [7, 11) is 1.36. The number of carbonyl (C=O) groups excluding carboxylic acids is 1. The van der Waals surface area contributed by atoms with Crippen LogP contribution in [0.2, 0.25) is 0 Å². The van der Waals surface area contributed by atoms with Crippen LogP contribution in [0.15, 0.2) is 30.5 Å². The number of esters is 1. The number of rotatable bonds is 8. The van der Waals surface area contributed by atoms with Gasteiger partial charge in [0.25, 0.3) is 0 Å². The highest BCUT2D eigenvalue weighted by molar-refractivity contribution is 5.90. The second-order valence-corrected chi connectivity index (χ2v) is 5.32. The van der Waals surface area contributed by atoms with Gasteiger partial charge in [-0.3, -0.25) is 0 Å². The quantitative estimate of drug-likeness (QED) is 0.746. The predicted octanol–water partition coefficient (Wildman–Crippen LogP) is 3.03. The average Bonchev–Trinajstić information content (AvgIpc) is 2.61. The normalized spacial score (nSPS) is 10.3. The first-order chi connectivity index (χ1) is 11.7. The summed E-state index contributed by atoms with van der Waals surface area (Å²) in [4.78, 5) is 18.3. The van der Waals surface area contributed by atoms with Gasteiger partial charge >= 0.3 is 5.97 Å². The maximum absolute atomic E-state index is 11.6. The van der Waals surface area contributed by atoms with Crippen LogP contribution in [0.5, 0.6) is 0 Å². The van der Waals surface area contributed by atoms with Crippen LogP contribution >= 0.6 is 0 Å². The van der Waals surface area contributed by atoms with Crippen molar-refractivity contribution < 1.29 is 9.53 Å². The smallest absolute Gasteiger partial charge is 0.337 e. The van der Waals surface area contributed by atoms with Crippen LogP contribution in [0.3, 0.4) is 0 Å². The Bertz CT molecular complexity index is 672. The van der Waals surface area contributed by atoms with Crippen molar-refractivity contribution in [2.45, 2.75) is 26.7 Å². The van der Waals surface area contributed by atoms with Crippen LogP contribution in [0.1, 0.15) is 37.0 Å². The molecule has 1 aromatic heterocycles. The molecule has 128 valence electrons. The molecule has 24 heavy (non-hydrogen) atoms. The van der Waals surface area contributed by atoms with E-state index in [0.29, 0.717) is 17.2 Å². The number of nitrogens with zero attached hydrogens (tertiary/aromatic N) is 4. The zero-order valence-corrected chi connectivity index (χ0v) is 14.3. The van der Waals surface area contributed by atoms with E-state index in [2.05, 4.69) is 39.2 Å². The number of hydrogen-bond donors (Lipinski definition) is 1. The number of ether oxygens (including phenoxy) is 1. The number of hydrogen-bond acceptors (Lipinski definition) is 7. The number of aromatic nitrogens is 3. The van der Waals surface area contributed by atoms with Gasteiger partial charge < -0.3 is 15.0 Å². The van der Waals surface area contributed by atoms with Gasteiger partial charge in [-0.05, 0) is 31.0 Å². The minimum atomic E-state index is -0.386. The van der Waals surface area contributed by atoms with E-state index in [1.54, 1.807) is 24.4 Å². The van der Waals surface area contributed by atoms with E-state index in [1.807, 2.05) is 6.07 Å². The van der Waals surface area contributed by atoms with Crippen LogP contribution in [0, 0.1) is 0 Å². The minimum absolute atomic E-state index is 0.386. The molecule has 0 fully saturated rings. The molecule has 7 heteroatoms. The Morgan fingerprint density at radius 3 is 2.67 bits per heavy atom. The van der Waals surface area contributed by atoms with E-state index in [4.69, 9.17) is 4.74 Å². The fraction of sp³-hybridized carbons (Fsp3) is 0.412. The van der Waals surface area contributed by atoms with Crippen molar-refractivity contribution in [3.63, 3.8) is 0 Å². The SMILES string of the molecule is CCCN(CCC)c1cnnc(Nc2cccc(C(=O)OC)c2)n1. The highest BCUT2D eigenvalue weighted by atomic mass is 16.5. The lowest BCUT2D eigenvalue weighted by Gasteiger charge is -2.22. The highest BCUT2D eigenvalue weighted by Gasteiger charge is 2.10. The Hall–Kier alpha value is -2.70. The van der Waals surface area contributed by atoms with Crippen LogP contribution in [-0.2, 0) is 4.74 Å². The van der Waals surface area contributed by atoms with Gasteiger partial charge in [0, 0.05) is 18.8 Å². The van der Waals surface area contributed by atoms with E-state index in [1.165, 1.54) is 7.11 Å². The molecule has 0 amide bonds. The lowest BCUT2D eigenvalue weighted by atomic mass is 10.2. The molecule has 0 aliphatic carbocycles. The summed E-state index contributed by atoms with van der Waals surface area (Å²) in [6, 6.07) is 6.99. The number of carbonyl (C=O) groups is 1. The summed E-state index contributed by atoms with van der Waals surface area (Å²) >= 11 is 0. The molecule has 0 saturated heterocycles. The molecule has 1 heterocycles. The van der Waals surface area contributed by atoms with Gasteiger partial charge in [0.2, 0.25) is 5.95 Å². The zero-order valence-electron chi connectivity index (χ0n) is 14.3. The largest absolute Gasteiger partial charge is 0.465 e. The van der Waals surface area contributed by atoms with Crippen LogP contribution < -0.4 is 10.2 Å². The van der Waals surface area contributed by atoms with Crippen molar-refractivity contribution in [3.05, 3.63) is 36.0 Å². The van der Waals surface area contributed by atoms with Crippen molar-refractivity contribution in [3.8, 4) is 0 Å². The summed E-state index contributed by atoms with van der Waals surface area (Å²) in [6.45, 7) is 6.11. The van der Waals surface area contributed by atoms with Crippen LogP contribution in [0.4, 0.5) is 17.5 Å². The number of benzene rings is 1. The molecule has 1 aromatic carbocycles. The monoisotopic (exact) mass is 329 g/mol. The molecule has 2 aromatic rings. The van der Waals surface area contributed by atoms with Crippen molar-refractivity contribution in [2.24, 2.45) is 0 Å². The van der Waals surface area contributed by atoms with Gasteiger partial charge in [-0.1, -0.05) is 19.9 Å². The first-order valence-electron chi connectivity index (χ1n) is 8.08. The maximum Gasteiger partial charge on any atom is 0.337 e. The van der Waals surface area contributed by atoms with Gasteiger partial charge in [0.05, 0.1) is 18.9 Å². The average molecular weight is 329 g/mol. The highest BCUT2D eigenvalue weighted by Crippen LogP contribution is 2.17. The molecular formula is C17H23N5O2. The standard InChI is InChI=1S/C17H23N5O2/c1-4-9-22(10-5-2)15-12-18-21-17(20-15)19-14-8-6-7-13(11-14)16(23)24-3/h6-8,11-12H,4-5,9-10H2,1-3H3,(H,19,20,21). The zero-order chi connectivity index (χ0) is 17.4. The molecule has 0 atom stereocenters. The molecule has 1 N–H and O–H groups in total. The van der Waals surface area contributed by atoms with Crippen molar-refractivity contribution in [2.75, 3.05) is 30.4 Å². The molecule has 7 nitrogen and oxygen atoms in total. The molecule has 0 saturated carbocycles. The molecule has 0 aliphatic rings. The van der Waals surface area contributed by atoms with Gasteiger partial charge in [0.15, 0.2) is 5.82 Å². The fourth-order valence-corrected chi connectivity index (χ4v) is 2.35. The topological polar surface area (TPSA) is 80.2 Å². The summed E-state index contributed by atoms with van der Waals surface area (Å²) < 4.78 is 4.73. The van der Waals surface area contributed by atoms with Gasteiger partial charge in [0.1, 0.15) is 0 Å². The molecule has 0 unspecified atom stereocenters. The van der Waals surface area contributed by atoms with Crippen molar-refractivity contribution in [1.29, 1.82) is 0 Å². The first kappa shape index (κ1) is 17.7. The third kappa shape index (κ3) is 4.65. The van der Waals surface area contributed by atoms with E-state index in [-0.39, 0.29) is 5.97 Å².